The van der Waals surface area contributed by atoms with Crippen LogP contribution in [0.3, 0.4) is 0 Å². The Hall–Kier alpha value is -12.9. The first kappa shape index (κ1) is 75.3. The number of amides is 4. The molecule has 0 aromatic heterocycles. The summed E-state index contributed by atoms with van der Waals surface area (Å²) in [6, 6.07) is 39.4. The van der Waals surface area contributed by atoms with Crippen molar-refractivity contribution in [3.63, 3.8) is 0 Å². The lowest BCUT2D eigenvalue weighted by Gasteiger charge is -2.28. The molecule has 29 heteroatoms. The summed E-state index contributed by atoms with van der Waals surface area (Å²) in [6.07, 6.45) is -1.15. The van der Waals surface area contributed by atoms with Gasteiger partial charge in [0.05, 0.1) is 41.7 Å². The summed E-state index contributed by atoms with van der Waals surface area (Å²) < 4.78 is 40.7. The number of hydrogen-bond donors (Lipinski definition) is 5. The number of esters is 2. The van der Waals surface area contributed by atoms with Crippen LogP contribution in [0.15, 0.2) is 146 Å². The number of nitrogens with one attached hydrogen (secondary N) is 2. The predicted octanol–water partition coefficient (Wildman–Crippen LogP) is 9.00. The fourth-order valence-electron chi connectivity index (χ4n) is 11.3. The maximum atomic E-state index is 13.7. The minimum Gasteiger partial charge on any atom is -0.480 e. The molecule has 0 saturated heterocycles. The van der Waals surface area contributed by atoms with Crippen molar-refractivity contribution in [3.05, 3.63) is 201 Å². The van der Waals surface area contributed by atoms with E-state index in [1.165, 1.54) is 32.9 Å². The molecule has 0 bridgehead atoms. The van der Waals surface area contributed by atoms with E-state index in [0.717, 1.165) is 4.90 Å². The average Bonchev–Trinajstić information content (AvgIpc) is 0.745. The molecule has 2 heterocycles. The van der Waals surface area contributed by atoms with Gasteiger partial charge in [0.25, 0.3) is 49.5 Å². The SMILES string of the molecule is CC(C)(C)OC(=O)c1ccc(CN2C(=O)c3cccc4c(NCC(O)c5ccc(N(COC=O)CC(=O)O)c(OCOC=O)c5)ccc(c34)C2=O)cc1.CC(C)(C)OC(=O)c1ccc(CN2C(=O)c3cccc4c(NCc5ccc(N(COC=O)CC(=O)O)c(OCOC=O)c5)ccc(c34)C2=O)cc1. The number of nitrogens with zero attached hydrogens (tertiary/aromatic N) is 4. The van der Waals surface area contributed by atoms with E-state index in [1.807, 2.05) is 6.07 Å². The van der Waals surface area contributed by atoms with Crippen LogP contribution in [0.5, 0.6) is 11.5 Å². The van der Waals surface area contributed by atoms with Gasteiger partial charge in [-0.25, -0.2) is 9.59 Å². The van der Waals surface area contributed by atoms with Gasteiger partial charge < -0.3 is 73.6 Å². The first-order valence-electron chi connectivity index (χ1n) is 32.0. The Bertz CT molecular complexity index is 4560. The number of ether oxygens (including phenoxy) is 8. The fraction of sp³-hybridized carbons (Fsp3) is 0.253. The normalized spacial score (nSPS) is 12.6. The van der Waals surface area contributed by atoms with E-state index in [1.54, 1.807) is 163 Å². The molecule has 2 aliphatic heterocycles. The van der Waals surface area contributed by atoms with E-state index < -0.39 is 98.2 Å². The zero-order valence-electron chi connectivity index (χ0n) is 57.1. The van der Waals surface area contributed by atoms with E-state index in [9.17, 15) is 72.9 Å². The number of benzene rings is 8. The number of aliphatic hydroxyl groups is 1. The van der Waals surface area contributed by atoms with Gasteiger partial charge in [0.15, 0.2) is 13.5 Å². The second kappa shape index (κ2) is 33.5. The molecule has 1 unspecified atom stereocenters. The maximum Gasteiger partial charge on any atom is 0.338 e. The molecule has 8 aromatic carbocycles. The third kappa shape index (κ3) is 18.5. The fourth-order valence-corrected chi connectivity index (χ4v) is 11.3. The number of carbonyl (C=O) groups excluding carboxylic acids is 10. The second-order valence-electron chi connectivity index (χ2n) is 25.4. The predicted molar refractivity (Wildman–Crippen MR) is 372 cm³/mol. The Morgan fingerprint density at radius 3 is 1.29 bits per heavy atom. The number of imide groups is 2. The number of carboxylic acids is 2. The Kier molecular flexibility index (Phi) is 24.2. The molecule has 104 heavy (non-hydrogen) atoms. The van der Waals surface area contributed by atoms with Crippen molar-refractivity contribution in [2.24, 2.45) is 0 Å². The van der Waals surface area contributed by atoms with Crippen molar-refractivity contribution in [3.8, 4) is 11.5 Å². The summed E-state index contributed by atoms with van der Waals surface area (Å²) in [4.78, 5) is 150. The second-order valence-corrected chi connectivity index (χ2v) is 25.4. The lowest BCUT2D eigenvalue weighted by molar-refractivity contribution is -0.137. The molecule has 0 fully saturated rings. The third-order valence-electron chi connectivity index (χ3n) is 15.8. The summed E-state index contributed by atoms with van der Waals surface area (Å²) >= 11 is 0. The Labute approximate surface area is 594 Å². The van der Waals surface area contributed by atoms with E-state index >= 15 is 0 Å². The highest BCUT2D eigenvalue weighted by molar-refractivity contribution is 6.28. The third-order valence-corrected chi connectivity index (χ3v) is 15.8. The zero-order valence-corrected chi connectivity index (χ0v) is 57.1. The lowest BCUT2D eigenvalue weighted by Crippen LogP contribution is -2.39. The molecule has 0 saturated carbocycles. The molecule has 0 spiro atoms. The summed E-state index contributed by atoms with van der Waals surface area (Å²) in [5.41, 5.74) is 4.76. The minimum atomic E-state index is -1.22. The Balaban J connectivity index is 0.000000241. The van der Waals surface area contributed by atoms with Gasteiger partial charge in [0, 0.05) is 68.3 Å². The number of carboxylic acid groups (broad SMARTS) is 2. The van der Waals surface area contributed by atoms with Crippen LogP contribution in [-0.2, 0) is 76.8 Å². The molecule has 4 amide bonds. The quantitative estimate of drug-likeness (QED) is 0.00639. The van der Waals surface area contributed by atoms with Crippen LogP contribution in [-0.4, -0.2) is 156 Å². The van der Waals surface area contributed by atoms with Crippen molar-refractivity contribution in [2.45, 2.75) is 78.5 Å². The van der Waals surface area contributed by atoms with E-state index in [2.05, 4.69) is 20.1 Å². The first-order valence-corrected chi connectivity index (χ1v) is 32.0. The molecule has 0 aliphatic carbocycles. The van der Waals surface area contributed by atoms with Gasteiger partial charge in [-0.05, 0) is 149 Å². The molecule has 1 atom stereocenters. The van der Waals surface area contributed by atoms with Crippen molar-refractivity contribution in [1.82, 2.24) is 9.80 Å². The van der Waals surface area contributed by atoms with Crippen LogP contribution < -0.4 is 29.9 Å². The lowest BCUT2D eigenvalue weighted by atomic mass is 9.92. The molecule has 8 aromatic rings. The monoisotopic (exact) mass is 1420 g/mol. The number of aliphatic hydroxyl groups excluding tert-OH is 1. The van der Waals surface area contributed by atoms with Crippen LogP contribution in [0.2, 0.25) is 0 Å². The Morgan fingerprint density at radius 2 is 0.875 bits per heavy atom. The highest BCUT2D eigenvalue weighted by atomic mass is 16.7. The van der Waals surface area contributed by atoms with Crippen LogP contribution >= 0.6 is 0 Å². The number of rotatable bonds is 33. The van der Waals surface area contributed by atoms with Crippen molar-refractivity contribution < 1.29 is 111 Å². The van der Waals surface area contributed by atoms with E-state index in [0.29, 0.717) is 88.6 Å². The molecule has 0 radical (unpaired) electrons. The number of anilines is 4. The van der Waals surface area contributed by atoms with Gasteiger partial charge in [0.2, 0.25) is 13.6 Å². The number of aliphatic carboxylic acids is 2. The summed E-state index contributed by atoms with van der Waals surface area (Å²) in [7, 11) is 0. The highest BCUT2D eigenvalue weighted by Gasteiger charge is 2.36. The van der Waals surface area contributed by atoms with Crippen molar-refractivity contribution in [2.75, 3.05) is 67.1 Å². The van der Waals surface area contributed by atoms with Crippen LogP contribution in [0.1, 0.15) is 132 Å². The van der Waals surface area contributed by atoms with Crippen LogP contribution in [0.4, 0.5) is 22.7 Å². The van der Waals surface area contributed by atoms with Gasteiger partial charge in [-0.2, -0.15) is 0 Å². The highest BCUT2D eigenvalue weighted by Crippen LogP contribution is 2.39. The molecule has 2 aliphatic rings. The van der Waals surface area contributed by atoms with Gasteiger partial charge in [-0.1, -0.05) is 60.7 Å². The maximum absolute atomic E-state index is 13.7. The molecular weight excluding hydrogens is 1350 g/mol. The van der Waals surface area contributed by atoms with E-state index in [-0.39, 0.29) is 81.7 Å². The topological polar surface area (TPSA) is 376 Å². The first-order chi connectivity index (χ1) is 49.7. The summed E-state index contributed by atoms with van der Waals surface area (Å²) in [5, 5.41) is 38.6. The van der Waals surface area contributed by atoms with Crippen molar-refractivity contribution in [1.29, 1.82) is 0 Å². The molecule has 10 rings (SSSR count). The van der Waals surface area contributed by atoms with Gasteiger partial charge >= 0.3 is 23.9 Å². The van der Waals surface area contributed by atoms with Gasteiger partial charge in [-0.3, -0.25) is 57.7 Å². The summed E-state index contributed by atoms with van der Waals surface area (Å²) in [5.74, 6) is -5.01. The van der Waals surface area contributed by atoms with Gasteiger partial charge in [-0.15, -0.1) is 0 Å². The van der Waals surface area contributed by atoms with Crippen LogP contribution in [0, 0.1) is 0 Å². The van der Waals surface area contributed by atoms with Crippen LogP contribution in [0.25, 0.3) is 21.5 Å². The number of hydrogen-bond acceptors (Lipinski definition) is 25. The standard InChI is InChI=1S/C38H37N3O12.C37H35N3O11/c1-38(2,3)53-37(49)24-9-7-23(8-10-24)17-41-35(47)27-6-4-5-26-29(13-12-28(34(26)27)36(41)48)39-16-31(44)25-11-14-30(32(15-25)52-22-51-21-43)40(18-33(45)46)19-50-20-42;1-37(2,3)51-36(47)25-10-7-23(8-11-25)17-40-34(45)27-6-4-5-26-29(13-12-28(33(26)27)35(40)46)38-16-24-9-14-30(31(15-24)50-22-49-21-42)39(18-32(43)44)19-48-20-41/h4-15,20-21,31,39,44H,16-19,22H2,1-3H3,(H,45,46);4-15,20-21,38H,16-19,22H2,1-3H3,(H,43,44). The zero-order chi connectivity index (χ0) is 75.0. The van der Waals surface area contributed by atoms with Crippen molar-refractivity contribution >= 4 is 118 Å². The summed E-state index contributed by atoms with van der Waals surface area (Å²) in [6.45, 7) is 8.75. The Morgan fingerprint density at radius 1 is 0.481 bits per heavy atom. The smallest absolute Gasteiger partial charge is 0.338 e. The molecule has 5 N–H and O–H groups in total. The molecule has 540 valence electrons. The molecular formula is C75H72N6O23. The minimum absolute atomic E-state index is 0.00550. The average molecular weight is 1430 g/mol. The molecule has 29 nitrogen and oxygen atoms in total. The number of carbonyl (C=O) groups is 12. The van der Waals surface area contributed by atoms with Gasteiger partial charge in [0.1, 0.15) is 35.8 Å². The van der Waals surface area contributed by atoms with E-state index in [4.69, 9.17) is 28.4 Å². The largest absolute Gasteiger partial charge is 0.480 e.